The summed E-state index contributed by atoms with van der Waals surface area (Å²) >= 11 is 0. The summed E-state index contributed by atoms with van der Waals surface area (Å²) in [4.78, 5) is 0. The van der Waals surface area contributed by atoms with E-state index in [1.54, 1.807) is 0 Å². The number of allylic oxidation sites excluding steroid dienone is 2. The van der Waals surface area contributed by atoms with Gasteiger partial charge in [0.05, 0.1) is 0 Å². The molecule has 0 heterocycles. The molecule has 0 aliphatic heterocycles. The summed E-state index contributed by atoms with van der Waals surface area (Å²) in [6, 6.07) is 6.31. The standard InChI is InChI=1S/C20H18.C3H8.3C2H6/c1-5-15-9-7-11-17-18-12-8-10-16(6-2)20(18)14(4)13(3)19(15)17;1-3-2;3*1-2/h5-9,11-12,16H,1-4,10H2;3H2,1-2H3;3*1-2H3. The van der Waals surface area contributed by atoms with E-state index in [2.05, 4.69) is 70.5 Å². The first-order valence-corrected chi connectivity index (χ1v) is 11.3. The van der Waals surface area contributed by atoms with Crippen molar-refractivity contribution < 1.29 is 0 Å². The summed E-state index contributed by atoms with van der Waals surface area (Å²) in [6.07, 6.45) is 10.6. The highest BCUT2D eigenvalue weighted by molar-refractivity contribution is 5.98. The third kappa shape index (κ3) is 6.89. The first kappa shape index (κ1) is 28.9. The van der Waals surface area contributed by atoms with Crippen molar-refractivity contribution in [1.29, 1.82) is 0 Å². The lowest BCUT2D eigenvalue weighted by atomic mass is 9.82. The Hall–Kier alpha value is -2.34. The predicted octanol–water partition coefficient (Wildman–Crippen LogP) is 8.48. The number of fused-ring (bicyclic) bond motifs is 3. The lowest BCUT2D eigenvalue weighted by molar-refractivity contribution is 0.849. The fraction of sp³-hybridized carbons (Fsp3) is 0.379. The smallest absolute Gasteiger partial charge is 0.00620 e. The molecule has 0 aromatic heterocycles. The maximum absolute atomic E-state index is 4.28. The van der Waals surface area contributed by atoms with Gasteiger partial charge in [-0.15, -0.1) is 6.58 Å². The average molecular weight is 393 g/mol. The molecule has 1 aliphatic rings. The van der Waals surface area contributed by atoms with Crippen LogP contribution in [-0.2, 0) is 0 Å². The highest BCUT2D eigenvalue weighted by Gasteiger charge is 2.18. The van der Waals surface area contributed by atoms with Gasteiger partial charge in [0, 0.05) is 5.92 Å². The topological polar surface area (TPSA) is 0 Å². The highest BCUT2D eigenvalue weighted by Crippen LogP contribution is 2.32. The monoisotopic (exact) mass is 392 g/mol. The molecule has 29 heavy (non-hydrogen) atoms. The van der Waals surface area contributed by atoms with Crippen LogP contribution in [0.2, 0.25) is 0 Å². The fourth-order valence-corrected chi connectivity index (χ4v) is 3.19. The van der Waals surface area contributed by atoms with Crippen LogP contribution in [0.15, 0.2) is 43.5 Å². The van der Waals surface area contributed by atoms with Gasteiger partial charge in [-0.1, -0.05) is 124 Å². The van der Waals surface area contributed by atoms with E-state index < -0.39 is 0 Å². The van der Waals surface area contributed by atoms with E-state index >= 15 is 0 Å². The molecule has 0 spiro atoms. The Morgan fingerprint density at radius 2 is 1.48 bits per heavy atom. The number of hydrogen-bond acceptors (Lipinski definition) is 0. The van der Waals surface area contributed by atoms with Crippen LogP contribution in [0.5, 0.6) is 0 Å². The van der Waals surface area contributed by atoms with E-state index in [-0.39, 0.29) is 0 Å². The SMILES string of the molecule is C=Cc1cccc2c3c(c(=C)c(=C)c12)C(C=C)CC=C3.CC.CC.CC.CCC. The molecule has 0 saturated heterocycles. The van der Waals surface area contributed by atoms with E-state index in [9.17, 15) is 0 Å². The van der Waals surface area contributed by atoms with Gasteiger partial charge in [-0.25, -0.2) is 0 Å². The minimum Gasteiger partial charge on any atom is -0.102 e. The van der Waals surface area contributed by atoms with Crippen LogP contribution in [-0.4, -0.2) is 0 Å². The highest BCUT2D eigenvalue weighted by atomic mass is 14.2. The van der Waals surface area contributed by atoms with Gasteiger partial charge in [0.1, 0.15) is 0 Å². The molecule has 1 atom stereocenters. The van der Waals surface area contributed by atoms with Crippen molar-refractivity contribution >= 4 is 36.1 Å². The molecule has 2 aromatic rings. The Kier molecular flexibility index (Phi) is 16.5. The average Bonchev–Trinajstić information content (AvgIpc) is 2.80. The lowest BCUT2D eigenvalue weighted by Crippen LogP contribution is -2.30. The van der Waals surface area contributed by atoms with Gasteiger partial charge in [0.25, 0.3) is 0 Å². The molecule has 2 aromatic carbocycles. The molecule has 160 valence electrons. The Bertz CT molecular complexity index is 865. The first-order chi connectivity index (χ1) is 14.1. The number of hydrogen-bond donors (Lipinski definition) is 0. The third-order valence-corrected chi connectivity index (χ3v) is 4.22. The maximum atomic E-state index is 4.28. The quantitative estimate of drug-likeness (QED) is 0.449. The zero-order valence-corrected chi connectivity index (χ0v) is 20.4. The zero-order chi connectivity index (χ0) is 23.0. The van der Waals surface area contributed by atoms with Crippen LogP contribution in [0.1, 0.15) is 90.8 Å². The largest absolute Gasteiger partial charge is 0.102 e. The van der Waals surface area contributed by atoms with Crippen LogP contribution in [0.25, 0.3) is 36.1 Å². The molecule has 0 heteroatoms. The van der Waals surface area contributed by atoms with Gasteiger partial charge in [0.2, 0.25) is 0 Å². The summed E-state index contributed by atoms with van der Waals surface area (Å²) in [5.74, 6) is 0.333. The van der Waals surface area contributed by atoms with Crippen LogP contribution in [0, 0.1) is 0 Å². The van der Waals surface area contributed by atoms with Crippen molar-refractivity contribution in [3.63, 3.8) is 0 Å². The van der Waals surface area contributed by atoms with Gasteiger partial charge in [-0.3, -0.25) is 0 Å². The number of benzene rings is 2. The van der Waals surface area contributed by atoms with Gasteiger partial charge < -0.3 is 0 Å². The maximum Gasteiger partial charge on any atom is 0.00620 e. The minimum absolute atomic E-state index is 0.333. The van der Waals surface area contributed by atoms with Crippen LogP contribution < -0.4 is 10.4 Å². The van der Waals surface area contributed by atoms with E-state index in [1.807, 2.05) is 53.7 Å². The molecule has 1 aliphatic carbocycles. The van der Waals surface area contributed by atoms with E-state index in [0.717, 1.165) is 22.4 Å². The molecule has 3 rings (SSSR count). The fourth-order valence-electron chi connectivity index (χ4n) is 3.19. The Morgan fingerprint density at radius 1 is 0.931 bits per heavy atom. The van der Waals surface area contributed by atoms with Crippen molar-refractivity contribution in [1.82, 2.24) is 0 Å². The first-order valence-electron chi connectivity index (χ1n) is 11.3. The second-order valence-electron chi connectivity index (χ2n) is 5.95. The van der Waals surface area contributed by atoms with Crippen LogP contribution in [0.3, 0.4) is 0 Å². The summed E-state index contributed by atoms with van der Waals surface area (Å²) in [6.45, 7) is 32.7. The molecule has 0 radical (unpaired) electrons. The van der Waals surface area contributed by atoms with Gasteiger partial charge >= 0.3 is 0 Å². The molecule has 0 N–H and O–H groups in total. The Morgan fingerprint density at radius 3 is 1.97 bits per heavy atom. The van der Waals surface area contributed by atoms with Crippen LogP contribution in [0.4, 0.5) is 0 Å². The summed E-state index contributed by atoms with van der Waals surface area (Å²) in [5, 5.41) is 4.45. The van der Waals surface area contributed by atoms with Gasteiger partial charge in [-0.2, -0.15) is 0 Å². The third-order valence-electron chi connectivity index (χ3n) is 4.22. The van der Waals surface area contributed by atoms with Gasteiger partial charge in [0.15, 0.2) is 0 Å². The zero-order valence-electron chi connectivity index (χ0n) is 20.4. The molecule has 0 amide bonds. The lowest BCUT2D eigenvalue weighted by Gasteiger charge is -2.22. The van der Waals surface area contributed by atoms with Crippen molar-refractivity contribution in [2.75, 3.05) is 0 Å². The normalized spacial score (nSPS) is 12.9. The Balaban J connectivity index is 0. The minimum atomic E-state index is 0.333. The second kappa shape index (κ2) is 16.6. The summed E-state index contributed by atoms with van der Waals surface area (Å²) in [5.41, 5.74) is 3.66. The van der Waals surface area contributed by atoms with E-state index in [1.165, 1.54) is 28.3 Å². The van der Waals surface area contributed by atoms with Crippen molar-refractivity contribution in [3.8, 4) is 0 Å². The molecule has 0 bridgehead atoms. The van der Waals surface area contributed by atoms with Crippen LogP contribution >= 0.6 is 0 Å². The van der Waals surface area contributed by atoms with Crippen molar-refractivity contribution in [3.05, 3.63) is 70.6 Å². The molecule has 0 saturated carbocycles. The van der Waals surface area contributed by atoms with Crippen molar-refractivity contribution in [2.45, 2.75) is 74.1 Å². The van der Waals surface area contributed by atoms with Crippen molar-refractivity contribution in [2.24, 2.45) is 0 Å². The molecular weight excluding hydrogens is 348 g/mol. The molecule has 0 nitrogen and oxygen atoms in total. The number of rotatable bonds is 2. The Labute approximate surface area is 181 Å². The molecule has 0 fully saturated rings. The van der Waals surface area contributed by atoms with E-state index in [0.29, 0.717) is 5.92 Å². The predicted molar refractivity (Wildman–Crippen MR) is 141 cm³/mol. The molecular formula is C29H44. The van der Waals surface area contributed by atoms with Gasteiger partial charge in [-0.05, 0) is 44.3 Å². The second-order valence-corrected chi connectivity index (χ2v) is 5.95. The van der Waals surface area contributed by atoms with E-state index in [4.69, 9.17) is 0 Å². The summed E-state index contributed by atoms with van der Waals surface area (Å²) < 4.78 is 0. The molecule has 1 unspecified atom stereocenters. The summed E-state index contributed by atoms with van der Waals surface area (Å²) in [7, 11) is 0.